The molecule has 0 aromatic heterocycles. The third kappa shape index (κ3) is 2.21. The van der Waals surface area contributed by atoms with E-state index in [0.29, 0.717) is 17.8 Å². The maximum atomic E-state index is 10.4. The molecule has 0 amide bonds. The quantitative estimate of drug-likeness (QED) is 0.671. The molecule has 3 heteroatoms. The number of aliphatic carboxylic acids is 1. The van der Waals surface area contributed by atoms with Gasteiger partial charge < -0.3 is 10.8 Å². The molecule has 1 unspecified atom stereocenters. The second-order valence-electron chi connectivity index (χ2n) is 4.62. The molecule has 1 fully saturated rings. The summed E-state index contributed by atoms with van der Waals surface area (Å²) in [6, 6.07) is -0.661. The van der Waals surface area contributed by atoms with Crippen molar-refractivity contribution in [3.8, 4) is 0 Å². The van der Waals surface area contributed by atoms with E-state index in [2.05, 4.69) is 13.8 Å². The van der Waals surface area contributed by atoms with Crippen LogP contribution in [0.2, 0.25) is 0 Å². The Morgan fingerprint density at radius 2 is 2.17 bits per heavy atom. The molecule has 1 aliphatic carbocycles. The Balaban J connectivity index is 2.23. The largest absolute Gasteiger partial charge is 0.480 e. The average molecular weight is 171 g/mol. The van der Waals surface area contributed by atoms with Crippen molar-refractivity contribution < 1.29 is 9.90 Å². The zero-order chi connectivity index (χ0) is 9.35. The lowest BCUT2D eigenvalue weighted by Crippen LogP contribution is -2.39. The Morgan fingerprint density at radius 3 is 2.50 bits per heavy atom. The van der Waals surface area contributed by atoms with E-state index < -0.39 is 12.0 Å². The van der Waals surface area contributed by atoms with Gasteiger partial charge in [-0.1, -0.05) is 13.8 Å². The molecule has 3 nitrogen and oxygen atoms in total. The van der Waals surface area contributed by atoms with Crippen LogP contribution in [0.5, 0.6) is 0 Å². The van der Waals surface area contributed by atoms with Crippen molar-refractivity contribution in [3.05, 3.63) is 0 Å². The molecule has 0 aliphatic heterocycles. The van der Waals surface area contributed by atoms with Crippen LogP contribution in [0.15, 0.2) is 0 Å². The third-order valence-electron chi connectivity index (χ3n) is 2.59. The van der Waals surface area contributed by atoms with Crippen LogP contribution in [0.25, 0.3) is 0 Å². The molecule has 0 radical (unpaired) electrons. The molecule has 0 heterocycles. The zero-order valence-corrected chi connectivity index (χ0v) is 7.71. The monoisotopic (exact) mass is 171 g/mol. The summed E-state index contributed by atoms with van der Waals surface area (Å²) in [5.74, 6) is -0.342. The zero-order valence-electron chi connectivity index (χ0n) is 7.71. The highest BCUT2D eigenvalue weighted by Gasteiger charge is 2.37. The van der Waals surface area contributed by atoms with Gasteiger partial charge in [0.1, 0.15) is 6.04 Å². The Kier molecular flexibility index (Phi) is 2.42. The van der Waals surface area contributed by atoms with Crippen LogP contribution >= 0.6 is 0 Å². The van der Waals surface area contributed by atoms with Crippen molar-refractivity contribution in [2.75, 3.05) is 0 Å². The summed E-state index contributed by atoms with van der Waals surface area (Å²) >= 11 is 0. The molecule has 12 heavy (non-hydrogen) atoms. The van der Waals surface area contributed by atoms with Crippen LogP contribution < -0.4 is 5.73 Å². The van der Waals surface area contributed by atoms with Crippen molar-refractivity contribution in [1.29, 1.82) is 0 Å². The fourth-order valence-electron chi connectivity index (χ4n) is 2.13. The molecule has 0 aromatic rings. The second kappa shape index (κ2) is 3.05. The van der Waals surface area contributed by atoms with Gasteiger partial charge >= 0.3 is 5.97 Å². The summed E-state index contributed by atoms with van der Waals surface area (Å²) in [6.07, 6.45) is 2.88. The average Bonchev–Trinajstić information content (AvgIpc) is 1.83. The first-order valence-electron chi connectivity index (χ1n) is 4.39. The Bertz CT molecular complexity index is 181. The van der Waals surface area contributed by atoms with E-state index in [1.807, 2.05) is 0 Å². The molecule has 0 bridgehead atoms. The molecule has 1 atom stereocenters. The highest BCUT2D eigenvalue weighted by molar-refractivity contribution is 5.73. The van der Waals surface area contributed by atoms with Gasteiger partial charge in [0.2, 0.25) is 0 Å². The highest BCUT2D eigenvalue weighted by atomic mass is 16.4. The molecular weight excluding hydrogens is 154 g/mol. The lowest BCUT2D eigenvalue weighted by Gasteiger charge is -2.43. The van der Waals surface area contributed by atoms with E-state index in [9.17, 15) is 4.79 Å². The normalized spacial score (nSPS) is 24.6. The maximum Gasteiger partial charge on any atom is 0.320 e. The minimum absolute atomic E-state index is 0.420. The van der Waals surface area contributed by atoms with E-state index in [4.69, 9.17) is 10.8 Å². The van der Waals surface area contributed by atoms with E-state index in [-0.39, 0.29) is 0 Å². The van der Waals surface area contributed by atoms with E-state index in [1.54, 1.807) is 0 Å². The van der Waals surface area contributed by atoms with E-state index >= 15 is 0 Å². The maximum absolute atomic E-state index is 10.4. The topological polar surface area (TPSA) is 63.3 Å². The highest BCUT2D eigenvalue weighted by Crippen LogP contribution is 2.46. The number of carboxylic acids is 1. The van der Waals surface area contributed by atoms with Crippen molar-refractivity contribution >= 4 is 5.97 Å². The van der Waals surface area contributed by atoms with E-state index in [0.717, 1.165) is 12.8 Å². The van der Waals surface area contributed by atoms with Crippen molar-refractivity contribution in [3.63, 3.8) is 0 Å². The van der Waals surface area contributed by atoms with Crippen molar-refractivity contribution in [2.24, 2.45) is 17.1 Å². The number of carbonyl (C=O) groups is 1. The van der Waals surface area contributed by atoms with Crippen LogP contribution in [-0.2, 0) is 4.79 Å². The lowest BCUT2D eigenvalue weighted by molar-refractivity contribution is -0.139. The first kappa shape index (κ1) is 9.52. The SMILES string of the molecule is CC1(C)CC(CC(N)C(=O)O)C1. The number of hydrogen-bond donors (Lipinski definition) is 2. The first-order valence-corrected chi connectivity index (χ1v) is 4.39. The number of nitrogens with two attached hydrogens (primary N) is 1. The van der Waals surface area contributed by atoms with Crippen LogP contribution in [0.3, 0.4) is 0 Å². The van der Waals surface area contributed by atoms with Gasteiger partial charge in [-0.05, 0) is 30.6 Å². The minimum Gasteiger partial charge on any atom is -0.480 e. The second-order valence-corrected chi connectivity index (χ2v) is 4.62. The Morgan fingerprint density at radius 1 is 1.67 bits per heavy atom. The van der Waals surface area contributed by atoms with E-state index in [1.165, 1.54) is 0 Å². The first-order chi connectivity index (χ1) is 5.41. The molecule has 0 spiro atoms. The summed E-state index contributed by atoms with van der Waals surface area (Å²) in [6.45, 7) is 4.41. The summed E-state index contributed by atoms with van der Waals surface area (Å²) < 4.78 is 0. The van der Waals surface area contributed by atoms with Crippen LogP contribution in [0.1, 0.15) is 33.1 Å². The number of rotatable bonds is 3. The van der Waals surface area contributed by atoms with Crippen LogP contribution in [0, 0.1) is 11.3 Å². The Hall–Kier alpha value is -0.570. The minimum atomic E-state index is -0.875. The summed E-state index contributed by atoms with van der Waals surface area (Å²) in [5.41, 5.74) is 5.84. The van der Waals surface area contributed by atoms with Gasteiger partial charge in [-0.2, -0.15) is 0 Å². The van der Waals surface area contributed by atoms with Gasteiger partial charge in [0.25, 0.3) is 0 Å². The van der Waals surface area contributed by atoms with Gasteiger partial charge in [0.05, 0.1) is 0 Å². The lowest BCUT2D eigenvalue weighted by atomic mass is 9.63. The van der Waals surface area contributed by atoms with Crippen LogP contribution in [0.4, 0.5) is 0 Å². The summed E-state index contributed by atoms with van der Waals surface area (Å²) in [4.78, 5) is 10.4. The van der Waals surface area contributed by atoms with Gasteiger partial charge in [0.15, 0.2) is 0 Å². The number of carboxylic acid groups (broad SMARTS) is 1. The Labute approximate surface area is 72.9 Å². The van der Waals surface area contributed by atoms with Crippen molar-refractivity contribution in [1.82, 2.24) is 0 Å². The number of hydrogen-bond acceptors (Lipinski definition) is 2. The smallest absolute Gasteiger partial charge is 0.320 e. The van der Waals surface area contributed by atoms with Crippen LogP contribution in [-0.4, -0.2) is 17.1 Å². The molecule has 3 N–H and O–H groups in total. The van der Waals surface area contributed by atoms with Gasteiger partial charge in [0, 0.05) is 0 Å². The molecule has 1 aliphatic rings. The standard InChI is InChI=1S/C9H17NO2/c1-9(2)4-6(5-9)3-7(10)8(11)12/h6-7H,3-5,10H2,1-2H3,(H,11,12). The molecule has 70 valence electrons. The van der Waals surface area contributed by atoms with Crippen molar-refractivity contribution in [2.45, 2.75) is 39.2 Å². The van der Waals surface area contributed by atoms with Gasteiger partial charge in [-0.25, -0.2) is 0 Å². The molecule has 1 rings (SSSR count). The molecule has 0 aromatic carbocycles. The molecule has 0 saturated heterocycles. The summed E-state index contributed by atoms with van der Waals surface area (Å²) in [7, 11) is 0. The predicted molar refractivity (Wildman–Crippen MR) is 46.7 cm³/mol. The molecule has 1 saturated carbocycles. The van der Waals surface area contributed by atoms with Gasteiger partial charge in [-0.15, -0.1) is 0 Å². The van der Waals surface area contributed by atoms with Gasteiger partial charge in [-0.3, -0.25) is 4.79 Å². The fraction of sp³-hybridized carbons (Fsp3) is 0.889. The third-order valence-corrected chi connectivity index (χ3v) is 2.59. The predicted octanol–water partition coefficient (Wildman–Crippen LogP) is 1.22. The summed E-state index contributed by atoms with van der Waals surface area (Å²) in [5, 5.41) is 8.56. The molecular formula is C9H17NO2. The fourth-order valence-corrected chi connectivity index (χ4v) is 2.13.